The molecule has 1 aliphatic carbocycles. The van der Waals surface area contributed by atoms with Crippen LogP contribution in [0.2, 0.25) is 0 Å². The summed E-state index contributed by atoms with van der Waals surface area (Å²) in [5, 5.41) is 0. The Morgan fingerprint density at radius 2 is 1.90 bits per heavy atom. The zero-order chi connectivity index (χ0) is 21.5. The maximum Gasteiger partial charge on any atom is 0.256 e. The summed E-state index contributed by atoms with van der Waals surface area (Å²) in [4.78, 5) is 33.8. The number of amides is 2. The van der Waals surface area contributed by atoms with Crippen LogP contribution in [0.15, 0.2) is 67.1 Å². The summed E-state index contributed by atoms with van der Waals surface area (Å²) >= 11 is 0. The molecule has 30 heavy (non-hydrogen) atoms. The number of hydrogen-bond donors (Lipinski definition) is 1. The molecule has 0 aliphatic heterocycles. The minimum Gasteiger partial charge on any atom is -0.368 e. The van der Waals surface area contributed by atoms with E-state index in [-0.39, 0.29) is 24.3 Å². The summed E-state index contributed by atoms with van der Waals surface area (Å²) in [6.07, 6.45) is 6.47. The Balaban J connectivity index is 0.000000367. The summed E-state index contributed by atoms with van der Waals surface area (Å²) in [5.41, 5.74) is 8.07. The highest BCUT2D eigenvalue weighted by molar-refractivity contribution is 5.97. The predicted molar refractivity (Wildman–Crippen MR) is 111 cm³/mol. The number of aromatic nitrogens is 2. The Morgan fingerprint density at radius 1 is 1.13 bits per heavy atom. The Morgan fingerprint density at radius 3 is 2.50 bits per heavy atom. The number of benzene rings is 1. The molecule has 1 aromatic carbocycles. The molecule has 2 N–H and O–H groups in total. The molecule has 1 atom stereocenters. The van der Waals surface area contributed by atoms with E-state index in [1.807, 2.05) is 18.2 Å². The summed E-state index contributed by atoms with van der Waals surface area (Å²) in [5.74, 6) is -1.28. The standard InChI is InChI=1S/C18H18FN3O2.C5H5N/c1-11-14(3-2-8-21-11)18(24)22(10-17(20)23)16-7-5-12-4-6-13(19)9-15(12)16;1-2-4-6-5-3-1/h2-4,6,8-9,16H,5,7,10H2,1H3,(H2,20,23);1-5H. The molecule has 0 saturated carbocycles. The van der Waals surface area contributed by atoms with Gasteiger partial charge in [-0.15, -0.1) is 0 Å². The number of primary amides is 1. The van der Waals surface area contributed by atoms with Crippen LogP contribution in [-0.2, 0) is 11.2 Å². The van der Waals surface area contributed by atoms with E-state index in [1.54, 1.807) is 43.7 Å². The Labute approximate surface area is 174 Å². The lowest BCUT2D eigenvalue weighted by Crippen LogP contribution is -2.40. The average Bonchev–Trinajstić information content (AvgIpc) is 3.16. The molecule has 2 aromatic heterocycles. The Kier molecular flexibility index (Phi) is 6.85. The van der Waals surface area contributed by atoms with E-state index >= 15 is 0 Å². The van der Waals surface area contributed by atoms with Crippen LogP contribution in [0, 0.1) is 12.7 Å². The number of nitrogens with zero attached hydrogens (tertiary/aromatic N) is 3. The molecule has 2 amide bonds. The van der Waals surface area contributed by atoms with Gasteiger partial charge in [-0.3, -0.25) is 19.6 Å². The van der Waals surface area contributed by atoms with E-state index in [9.17, 15) is 14.0 Å². The fourth-order valence-electron chi connectivity index (χ4n) is 3.54. The number of pyridine rings is 2. The predicted octanol–water partition coefficient (Wildman–Crippen LogP) is 3.23. The SMILES string of the molecule is Cc1ncccc1C(=O)N(CC(N)=O)C1CCc2ccc(F)cc21.c1ccncc1. The maximum absolute atomic E-state index is 13.6. The molecular weight excluding hydrogens is 383 g/mol. The minimum absolute atomic E-state index is 0.214. The van der Waals surface area contributed by atoms with Crippen LogP contribution in [0.25, 0.3) is 0 Å². The summed E-state index contributed by atoms with van der Waals surface area (Å²) in [6, 6.07) is 13.3. The lowest BCUT2D eigenvalue weighted by molar-refractivity contribution is -0.119. The van der Waals surface area contributed by atoms with Crippen molar-refractivity contribution in [2.45, 2.75) is 25.8 Å². The summed E-state index contributed by atoms with van der Waals surface area (Å²) in [7, 11) is 0. The minimum atomic E-state index is -0.602. The van der Waals surface area contributed by atoms with Gasteiger partial charge in [0.15, 0.2) is 0 Å². The van der Waals surface area contributed by atoms with Crippen molar-refractivity contribution in [2.75, 3.05) is 6.54 Å². The molecule has 0 fully saturated rings. The van der Waals surface area contributed by atoms with Gasteiger partial charge in [0.05, 0.1) is 11.6 Å². The first kappa shape index (κ1) is 21.1. The van der Waals surface area contributed by atoms with Gasteiger partial charge in [-0.2, -0.15) is 0 Å². The first-order chi connectivity index (χ1) is 14.5. The number of carbonyl (C=O) groups is 2. The van der Waals surface area contributed by atoms with Crippen LogP contribution in [0.3, 0.4) is 0 Å². The summed E-state index contributed by atoms with van der Waals surface area (Å²) < 4.78 is 13.6. The number of carbonyl (C=O) groups excluding carboxylic acids is 2. The molecule has 0 spiro atoms. The highest BCUT2D eigenvalue weighted by Gasteiger charge is 2.33. The van der Waals surface area contributed by atoms with Gasteiger partial charge in [0.2, 0.25) is 5.91 Å². The van der Waals surface area contributed by atoms with E-state index in [1.165, 1.54) is 17.0 Å². The van der Waals surface area contributed by atoms with E-state index < -0.39 is 5.91 Å². The molecule has 1 unspecified atom stereocenters. The van der Waals surface area contributed by atoms with Gasteiger partial charge in [0.1, 0.15) is 12.4 Å². The van der Waals surface area contributed by atoms with Crippen molar-refractivity contribution < 1.29 is 14.0 Å². The van der Waals surface area contributed by atoms with Crippen molar-refractivity contribution >= 4 is 11.8 Å². The van der Waals surface area contributed by atoms with Gasteiger partial charge in [0.25, 0.3) is 5.91 Å². The molecule has 154 valence electrons. The zero-order valence-electron chi connectivity index (χ0n) is 16.7. The van der Waals surface area contributed by atoms with Crippen LogP contribution in [0.1, 0.15) is 39.6 Å². The Hall–Kier alpha value is -3.61. The van der Waals surface area contributed by atoms with Gasteiger partial charge < -0.3 is 10.6 Å². The third kappa shape index (κ3) is 5.05. The van der Waals surface area contributed by atoms with Crippen LogP contribution < -0.4 is 5.73 Å². The number of nitrogens with two attached hydrogens (primary N) is 1. The number of aryl methyl sites for hydroxylation is 2. The van der Waals surface area contributed by atoms with Gasteiger partial charge in [0, 0.05) is 24.3 Å². The largest absolute Gasteiger partial charge is 0.368 e. The third-order valence-electron chi connectivity index (χ3n) is 4.92. The number of halogens is 1. The first-order valence-corrected chi connectivity index (χ1v) is 9.61. The van der Waals surface area contributed by atoms with Crippen molar-refractivity contribution in [3.05, 3.63) is 95.3 Å². The zero-order valence-corrected chi connectivity index (χ0v) is 16.7. The molecule has 0 radical (unpaired) electrons. The lowest BCUT2D eigenvalue weighted by Gasteiger charge is -2.29. The van der Waals surface area contributed by atoms with E-state index in [0.717, 1.165) is 17.5 Å². The van der Waals surface area contributed by atoms with Crippen LogP contribution in [0.5, 0.6) is 0 Å². The first-order valence-electron chi connectivity index (χ1n) is 9.61. The second-order valence-electron chi connectivity index (χ2n) is 6.96. The lowest BCUT2D eigenvalue weighted by atomic mass is 10.0. The molecule has 0 bridgehead atoms. The monoisotopic (exact) mass is 406 g/mol. The van der Waals surface area contributed by atoms with Gasteiger partial charge in [-0.1, -0.05) is 12.1 Å². The highest BCUT2D eigenvalue weighted by Crippen LogP contribution is 2.37. The van der Waals surface area contributed by atoms with Crippen molar-refractivity contribution in [2.24, 2.45) is 5.73 Å². The number of rotatable bonds is 4. The van der Waals surface area contributed by atoms with Gasteiger partial charge in [-0.25, -0.2) is 4.39 Å². The smallest absolute Gasteiger partial charge is 0.256 e. The maximum atomic E-state index is 13.6. The fourth-order valence-corrected chi connectivity index (χ4v) is 3.54. The molecule has 3 aromatic rings. The number of fused-ring (bicyclic) bond motifs is 1. The fraction of sp³-hybridized carbons (Fsp3) is 0.217. The molecule has 6 nitrogen and oxygen atoms in total. The van der Waals surface area contributed by atoms with Gasteiger partial charge >= 0.3 is 0 Å². The molecule has 4 rings (SSSR count). The van der Waals surface area contributed by atoms with Gasteiger partial charge in [-0.05, 0) is 67.3 Å². The second-order valence-corrected chi connectivity index (χ2v) is 6.96. The highest BCUT2D eigenvalue weighted by atomic mass is 19.1. The second kappa shape index (κ2) is 9.73. The van der Waals surface area contributed by atoms with E-state index in [4.69, 9.17) is 5.73 Å². The van der Waals surface area contributed by atoms with Crippen molar-refractivity contribution in [3.63, 3.8) is 0 Å². The molecule has 7 heteroatoms. The average molecular weight is 406 g/mol. The van der Waals surface area contributed by atoms with Crippen LogP contribution >= 0.6 is 0 Å². The quantitative estimate of drug-likeness (QED) is 0.720. The Bertz CT molecular complexity index is 1000. The molecule has 1 aliphatic rings. The topological polar surface area (TPSA) is 89.2 Å². The van der Waals surface area contributed by atoms with E-state index in [2.05, 4.69) is 9.97 Å². The van der Waals surface area contributed by atoms with Crippen LogP contribution in [0.4, 0.5) is 4.39 Å². The van der Waals surface area contributed by atoms with Crippen molar-refractivity contribution in [3.8, 4) is 0 Å². The molecule has 0 saturated heterocycles. The molecule has 2 heterocycles. The van der Waals surface area contributed by atoms with Crippen molar-refractivity contribution in [1.82, 2.24) is 14.9 Å². The van der Waals surface area contributed by atoms with Crippen molar-refractivity contribution in [1.29, 1.82) is 0 Å². The number of hydrogen-bond acceptors (Lipinski definition) is 4. The molecular formula is C23H23FN4O2. The third-order valence-corrected chi connectivity index (χ3v) is 4.92. The summed E-state index contributed by atoms with van der Waals surface area (Å²) in [6.45, 7) is 1.52. The van der Waals surface area contributed by atoms with Crippen LogP contribution in [-0.4, -0.2) is 33.2 Å². The normalized spacial score (nSPS) is 14.3. The van der Waals surface area contributed by atoms with E-state index in [0.29, 0.717) is 17.7 Å².